The van der Waals surface area contributed by atoms with E-state index in [-0.39, 0.29) is 25.5 Å². The van der Waals surface area contributed by atoms with Gasteiger partial charge in [0.1, 0.15) is 0 Å². The number of sulfonamides is 2. The zero-order chi connectivity index (χ0) is 24.4. The first kappa shape index (κ1) is 25.0. The SMILES string of the molecule is O=S(=O)(Nc1ccc(S(=O)(=O)Nc2ccccc2OC(F)(F)F)cc1)c1cc(Cl)cc(Cl)c1. The predicted octanol–water partition coefficient (Wildman–Crippen LogP) is 5.49. The Morgan fingerprint density at radius 3 is 1.85 bits per heavy atom. The van der Waals surface area contributed by atoms with Crippen molar-refractivity contribution >= 4 is 54.6 Å². The lowest BCUT2D eigenvalue weighted by Gasteiger charge is -2.15. The fourth-order valence-corrected chi connectivity index (χ4v) is 5.42. The summed E-state index contributed by atoms with van der Waals surface area (Å²) >= 11 is 11.6. The quantitative estimate of drug-likeness (QED) is 0.412. The number of alkyl halides is 3. The summed E-state index contributed by atoms with van der Waals surface area (Å²) in [4.78, 5) is -0.544. The molecule has 0 bridgehead atoms. The first-order valence-electron chi connectivity index (χ1n) is 8.72. The van der Waals surface area contributed by atoms with E-state index in [1.165, 1.54) is 30.3 Å². The summed E-state index contributed by atoms with van der Waals surface area (Å²) in [5, 5.41) is 0.204. The number of para-hydroxylation sites is 2. The molecule has 0 unspecified atom stereocenters. The molecule has 3 aromatic rings. The Bertz CT molecular complexity index is 1360. The van der Waals surface area contributed by atoms with Crippen LogP contribution in [-0.4, -0.2) is 23.2 Å². The van der Waals surface area contributed by atoms with Gasteiger partial charge >= 0.3 is 6.36 Å². The number of anilines is 2. The van der Waals surface area contributed by atoms with Crippen LogP contribution in [0.25, 0.3) is 0 Å². The summed E-state index contributed by atoms with van der Waals surface area (Å²) in [6.07, 6.45) is -5.02. The van der Waals surface area contributed by atoms with E-state index in [4.69, 9.17) is 23.2 Å². The van der Waals surface area contributed by atoms with E-state index in [1.807, 2.05) is 4.72 Å². The molecular formula is C19H13Cl2F3N2O5S2. The first-order chi connectivity index (χ1) is 15.2. The average molecular weight is 541 g/mol. The van der Waals surface area contributed by atoms with E-state index in [2.05, 4.69) is 9.46 Å². The molecule has 3 aromatic carbocycles. The highest BCUT2D eigenvalue weighted by atomic mass is 35.5. The fourth-order valence-electron chi connectivity index (χ4n) is 2.57. The van der Waals surface area contributed by atoms with Gasteiger partial charge in [-0.15, -0.1) is 13.2 Å². The zero-order valence-corrected chi connectivity index (χ0v) is 19.2. The van der Waals surface area contributed by atoms with Crippen molar-refractivity contribution in [3.05, 3.63) is 76.8 Å². The molecule has 0 amide bonds. The van der Waals surface area contributed by atoms with Crippen molar-refractivity contribution in [2.75, 3.05) is 9.44 Å². The molecule has 0 aliphatic carbocycles. The van der Waals surface area contributed by atoms with Crippen molar-refractivity contribution in [1.29, 1.82) is 0 Å². The molecule has 0 aliphatic rings. The van der Waals surface area contributed by atoms with Gasteiger partial charge < -0.3 is 4.74 Å². The van der Waals surface area contributed by atoms with Crippen molar-refractivity contribution in [2.45, 2.75) is 16.2 Å². The fraction of sp³-hybridized carbons (Fsp3) is 0.0526. The summed E-state index contributed by atoms with van der Waals surface area (Å²) in [5.41, 5.74) is -0.414. The monoisotopic (exact) mass is 540 g/mol. The molecular weight excluding hydrogens is 528 g/mol. The van der Waals surface area contributed by atoms with Crippen LogP contribution in [0.1, 0.15) is 0 Å². The third-order valence-corrected chi connectivity index (χ3v) is 7.10. The van der Waals surface area contributed by atoms with Crippen LogP contribution in [0, 0.1) is 0 Å². The molecule has 0 atom stereocenters. The Labute approximate surface area is 197 Å². The number of hydrogen-bond donors (Lipinski definition) is 2. The van der Waals surface area contributed by atoms with E-state index < -0.39 is 37.8 Å². The van der Waals surface area contributed by atoms with Crippen LogP contribution in [0.4, 0.5) is 24.5 Å². The minimum absolute atomic E-state index is 0.0193. The number of ether oxygens (including phenoxy) is 1. The second kappa shape index (κ2) is 9.29. The topological polar surface area (TPSA) is 102 Å². The van der Waals surface area contributed by atoms with Crippen LogP contribution < -0.4 is 14.2 Å². The summed E-state index contributed by atoms with van der Waals surface area (Å²) < 4.78 is 96.0. The molecule has 3 rings (SSSR count). The average Bonchev–Trinajstić information content (AvgIpc) is 2.68. The molecule has 0 aromatic heterocycles. The van der Waals surface area contributed by atoms with E-state index in [0.717, 1.165) is 36.4 Å². The Balaban J connectivity index is 1.81. The number of hydrogen-bond acceptors (Lipinski definition) is 5. The molecule has 0 radical (unpaired) electrons. The van der Waals surface area contributed by atoms with Gasteiger partial charge in [-0.1, -0.05) is 35.3 Å². The Kier molecular flexibility index (Phi) is 7.03. The highest BCUT2D eigenvalue weighted by molar-refractivity contribution is 7.93. The molecule has 0 saturated carbocycles. The van der Waals surface area contributed by atoms with E-state index >= 15 is 0 Å². The molecule has 7 nitrogen and oxygen atoms in total. The molecule has 176 valence electrons. The van der Waals surface area contributed by atoms with Crippen LogP contribution in [0.15, 0.2) is 76.5 Å². The minimum Gasteiger partial charge on any atom is -0.404 e. The molecule has 33 heavy (non-hydrogen) atoms. The summed E-state index contributed by atoms with van der Waals surface area (Å²) in [6, 6.07) is 12.8. The van der Waals surface area contributed by atoms with E-state index in [9.17, 15) is 30.0 Å². The van der Waals surface area contributed by atoms with Gasteiger partial charge in [-0.25, -0.2) is 16.8 Å². The Hall–Kier alpha value is -2.67. The van der Waals surface area contributed by atoms with Crippen LogP contribution in [0.5, 0.6) is 5.75 Å². The molecule has 0 saturated heterocycles. The minimum atomic E-state index is -5.02. The Morgan fingerprint density at radius 1 is 0.727 bits per heavy atom. The molecule has 0 heterocycles. The maximum atomic E-state index is 12.6. The second-order valence-electron chi connectivity index (χ2n) is 6.38. The van der Waals surface area contributed by atoms with E-state index in [0.29, 0.717) is 0 Å². The number of rotatable bonds is 7. The van der Waals surface area contributed by atoms with Crippen LogP contribution in [0.3, 0.4) is 0 Å². The van der Waals surface area contributed by atoms with Crippen molar-refractivity contribution < 1.29 is 34.7 Å². The summed E-state index contributed by atoms with van der Waals surface area (Å²) in [6.45, 7) is 0. The van der Waals surface area contributed by atoms with Crippen molar-refractivity contribution in [3.8, 4) is 5.75 Å². The molecule has 2 N–H and O–H groups in total. The standard InChI is InChI=1S/C19H13Cl2F3N2O5S2/c20-12-9-13(21)11-16(10-12)33(29,30)25-14-5-7-15(8-6-14)32(27,28)26-17-3-1-2-4-18(17)31-19(22,23)24/h1-11,25-26H. The van der Waals surface area contributed by atoms with Gasteiger partial charge in [0.2, 0.25) is 0 Å². The van der Waals surface area contributed by atoms with Gasteiger partial charge in [0.15, 0.2) is 5.75 Å². The van der Waals surface area contributed by atoms with Gasteiger partial charge in [0, 0.05) is 15.7 Å². The van der Waals surface area contributed by atoms with E-state index in [1.54, 1.807) is 0 Å². The lowest BCUT2D eigenvalue weighted by molar-refractivity contribution is -0.274. The van der Waals surface area contributed by atoms with Gasteiger partial charge in [-0.05, 0) is 54.6 Å². The third kappa shape index (κ3) is 6.67. The maximum absolute atomic E-state index is 12.6. The largest absolute Gasteiger partial charge is 0.573 e. The predicted molar refractivity (Wildman–Crippen MR) is 118 cm³/mol. The maximum Gasteiger partial charge on any atom is 0.573 e. The van der Waals surface area contributed by atoms with Crippen molar-refractivity contribution in [1.82, 2.24) is 0 Å². The van der Waals surface area contributed by atoms with Crippen LogP contribution in [-0.2, 0) is 20.0 Å². The van der Waals surface area contributed by atoms with Crippen molar-refractivity contribution in [3.63, 3.8) is 0 Å². The summed E-state index contributed by atoms with van der Waals surface area (Å²) in [5.74, 6) is -0.738. The lowest BCUT2D eigenvalue weighted by atomic mass is 10.3. The first-order valence-corrected chi connectivity index (χ1v) is 12.4. The molecule has 0 fully saturated rings. The van der Waals surface area contributed by atoms with Crippen LogP contribution in [0.2, 0.25) is 10.0 Å². The lowest BCUT2D eigenvalue weighted by Crippen LogP contribution is -2.20. The zero-order valence-electron chi connectivity index (χ0n) is 16.1. The number of benzene rings is 3. The smallest absolute Gasteiger partial charge is 0.404 e. The molecule has 14 heteroatoms. The van der Waals surface area contributed by atoms with Crippen molar-refractivity contribution in [2.24, 2.45) is 0 Å². The third-order valence-electron chi connectivity index (χ3n) is 3.92. The highest BCUT2D eigenvalue weighted by Crippen LogP contribution is 2.32. The van der Waals surface area contributed by atoms with Gasteiger partial charge in [0.25, 0.3) is 20.0 Å². The molecule has 0 spiro atoms. The van der Waals surface area contributed by atoms with Gasteiger partial charge in [-0.2, -0.15) is 0 Å². The normalized spacial score (nSPS) is 12.3. The number of nitrogens with one attached hydrogen (secondary N) is 2. The Morgan fingerprint density at radius 2 is 1.27 bits per heavy atom. The number of halogens is 5. The van der Waals surface area contributed by atoms with Crippen LogP contribution >= 0.6 is 23.2 Å². The van der Waals surface area contributed by atoms with Gasteiger partial charge in [0.05, 0.1) is 15.5 Å². The molecule has 0 aliphatic heterocycles. The van der Waals surface area contributed by atoms with Gasteiger partial charge in [-0.3, -0.25) is 9.44 Å². The summed E-state index contributed by atoms with van der Waals surface area (Å²) in [7, 11) is -8.41. The highest BCUT2D eigenvalue weighted by Gasteiger charge is 2.32. The second-order valence-corrected chi connectivity index (χ2v) is 10.6.